The third-order valence-electron chi connectivity index (χ3n) is 1.89. The Hall–Kier alpha value is -1.31. The van der Waals surface area contributed by atoms with Gasteiger partial charge in [-0.05, 0) is 12.1 Å². The molecule has 1 aromatic heterocycles. The van der Waals surface area contributed by atoms with Crippen LogP contribution in [0.25, 0.3) is 0 Å². The fraction of sp³-hybridized carbons (Fsp3) is 0.444. The molecule has 0 fully saturated rings. The number of alkyl halides is 6. The van der Waals surface area contributed by atoms with Crippen LogP contribution in [0.3, 0.4) is 0 Å². The predicted octanol–water partition coefficient (Wildman–Crippen LogP) is 3.05. The number of rotatable bonds is 2. The summed E-state index contributed by atoms with van der Waals surface area (Å²) in [4.78, 5) is 3.08. The van der Waals surface area contributed by atoms with Gasteiger partial charge in [-0.3, -0.25) is 0 Å². The van der Waals surface area contributed by atoms with E-state index in [0.717, 1.165) is 12.1 Å². The quantitative estimate of drug-likeness (QED) is 0.828. The number of aromatic nitrogens is 1. The van der Waals surface area contributed by atoms with Gasteiger partial charge in [-0.15, -0.1) is 0 Å². The molecule has 8 heteroatoms. The van der Waals surface area contributed by atoms with Crippen LogP contribution in [0.15, 0.2) is 18.2 Å². The predicted molar refractivity (Wildman–Crippen MR) is 46.8 cm³/mol. The molecule has 1 atom stereocenters. The first-order valence-corrected chi connectivity index (χ1v) is 4.46. The molecule has 0 amide bonds. The van der Waals surface area contributed by atoms with Crippen molar-refractivity contribution in [3.63, 3.8) is 0 Å². The molecule has 2 N–H and O–H groups in total. The second-order valence-electron chi connectivity index (χ2n) is 3.37. The van der Waals surface area contributed by atoms with Crippen molar-refractivity contribution in [2.24, 2.45) is 5.73 Å². The zero-order valence-corrected chi connectivity index (χ0v) is 8.31. The molecule has 1 heterocycles. The lowest BCUT2D eigenvalue weighted by molar-refractivity contribution is -0.141. The van der Waals surface area contributed by atoms with E-state index in [2.05, 4.69) is 4.98 Å². The molecule has 0 bridgehead atoms. The van der Waals surface area contributed by atoms with Crippen molar-refractivity contribution in [3.8, 4) is 0 Å². The van der Waals surface area contributed by atoms with Gasteiger partial charge >= 0.3 is 12.4 Å². The van der Waals surface area contributed by atoms with E-state index in [9.17, 15) is 26.3 Å². The van der Waals surface area contributed by atoms with E-state index in [4.69, 9.17) is 5.73 Å². The number of pyridine rings is 1. The van der Waals surface area contributed by atoms with E-state index in [1.807, 2.05) is 0 Å². The van der Waals surface area contributed by atoms with Gasteiger partial charge in [-0.1, -0.05) is 6.07 Å². The average molecular weight is 258 g/mol. The Morgan fingerprint density at radius 3 is 2.18 bits per heavy atom. The first kappa shape index (κ1) is 13.8. The lowest BCUT2D eigenvalue weighted by Gasteiger charge is -2.15. The van der Waals surface area contributed by atoms with Crippen molar-refractivity contribution < 1.29 is 26.3 Å². The molecule has 1 unspecified atom stereocenters. The van der Waals surface area contributed by atoms with Crippen LogP contribution in [-0.4, -0.2) is 11.2 Å². The van der Waals surface area contributed by atoms with E-state index >= 15 is 0 Å². The van der Waals surface area contributed by atoms with Crippen molar-refractivity contribution in [2.45, 2.75) is 24.8 Å². The maximum atomic E-state index is 12.2. The topological polar surface area (TPSA) is 38.9 Å². The van der Waals surface area contributed by atoms with Crippen molar-refractivity contribution in [3.05, 3.63) is 29.6 Å². The van der Waals surface area contributed by atoms with Crippen LogP contribution in [-0.2, 0) is 6.18 Å². The fourth-order valence-electron chi connectivity index (χ4n) is 1.17. The maximum Gasteiger partial charge on any atom is 0.433 e. The van der Waals surface area contributed by atoms with Crippen LogP contribution in [0.5, 0.6) is 0 Å². The van der Waals surface area contributed by atoms with Crippen LogP contribution in [0.1, 0.15) is 23.9 Å². The molecular weight excluding hydrogens is 250 g/mol. The van der Waals surface area contributed by atoms with Crippen molar-refractivity contribution in [1.82, 2.24) is 4.98 Å². The molecule has 96 valence electrons. The number of hydrogen-bond acceptors (Lipinski definition) is 2. The molecule has 1 rings (SSSR count). The second-order valence-corrected chi connectivity index (χ2v) is 3.37. The molecule has 1 aromatic rings. The van der Waals surface area contributed by atoms with Crippen LogP contribution >= 0.6 is 0 Å². The standard InChI is InChI=1S/C9H8F6N2/c10-8(11,12)4-5(16)6-2-1-3-7(17-6)9(13,14)15/h1-3,5H,4,16H2. The molecule has 2 nitrogen and oxygen atoms in total. The summed E-state index contributed by atoms with van der Waals surface area (Å²) in [5.41, 5.74) is 3.45. The van der Waals surface area contributed by atoms with Crippen LogP contribution < -0.4 is 5.73 Å². The Kier molecular flexibility index (Phi) is 3.65. The van der Waals surface area contributed by atoms with Gasteiger partial charge in [0.15, 0.2) is 0 Å². The Balaban J connectivity index is 2.92. The summed E-state index contributed by atoms with van der Waals surface area (Å²) in [6.07, 6.45) is -10.7. The largest absolute Gasteiger partial charge is 0.433 e. The Morgan fingerprint density at radius 2 is 1.71 bits per heavy atom. The van der Waals surface area contributed by atoms with E-state index in [0.29, 0.717) is 6.07 Å². The molecule has 0 aromatic carbocycles. The molecule has 0 aliphatic rings. The number of nitrogens with two attached hydrogens (primary N) is 1. The average Bonchev–Trinajstić information content (AvgIpc) is 2.14. The van der Waals surface area contributed by atoms with Gasteiger partial charge < -0.3 is 5.73 Å². The third-order valence-corrected chi connectivity index (χ3v) is 1.89. The lowest BCUT2D eigenvalue weighted by atomic mass is 10.1. The fourth-order valence-corrected chi connectivity index (χ4v) is 1.17. The molecule has 17 heavy (non-hydrogen) atoms. The Morgan fingerprint density at radius 1 is 1.12 bits per heavy atom. The van der Waals surface area contributed by atoms with Gasteiger partial charge in [0.2, 0.25) is 0 Å². The Labute approximate surface area is 92.4 Å². The highest BCUT2D eigenvalue weighted by Crippen LogP contribution is 2.30. The molecule has 0 aliphatic carbocycles. The van der Waals surface area contributed by atoms with Crippen LogP contribution in [0, 0.1) is 0 Å². The summed E-state index contributed by atoms with van der Waals surface area (Å²) in [5, 5.41) is 0. The van der Waals surface area contributed by atoms with E-state index in [-0.39, 0.29) is 0 Å². The number of nitrogens with zero attached hydrogens (tertiary/aromatic N) is 1. The smallest absolute Gasteiger partial charge is 0.322 e. The monoisotopic (exact) mass is 258 g/mol. The maximum absolute atomic E-state index is 12.2. The van der Waals surface area contributed by atoms with Gasteiger partial charge in [-0.2, -0.15) is 26.3 Å². The summed E-state index contributed by atoms with van der Waals surface area (Å²) in [6.45, 7) is 0. The van der Waals surface area contributed by atoms with E-state index in [1.165, 1.54) is 0 Å². The van der Waals surface area contributed by atoms with Crippen molar-refractivity contribution in [1.29, 1.82) is 0 Å². The van der Waals surface area contributed by atoms with Crippen molar-refractivity contribution >= 4 is 0 Å². The highest BCUT2D eigenvalue weighted by atomic mass is 19.4. The third kappa shape index (κ3) is 4.22. The Bertz CT molecular complexity index is 384. The normalized spacial score (nSPS) is 14.8. The molecule has 0 saturated heterocycles. The zero-order chi connectivity index (χ0) is 13.3. The van der Waals surface area contributed by atoms with Crippen LogP contribution in [0.2, 0.25) is 0 Å². The summed E-state index contributed by atoms with van der Waals surface area (Å²) < 4.78 is 72.7. The van der Waals surface area contributed by atoms with Gasteiger partial charge in [0.25, 0.3) is 0 Å². The summed E-state index contributed by atoms with van der Waals surface area (Å²) >= 11 is 0. The van der Waals surface area contributed by atoms with Crippen molar-refractivity contribution in [2.75, 3.05) is 0 Å². The first-order valence-electron chi connectivity index (χ1n) is 4.46. The molecule has 0 saturated carbocycles. The minimum absolute atomic E-state index is 0.433. The second kappa shape index (κ2) is 4.52. The minimum atomic E-state index is -4.70. The van der Waals surface area contributed by atoms with Gasteiger partial charge in [-0.25, -0.2) is 4.98 Å². The minimum Gasteiger partial charge on any atom is -0.322 e. The number of hydrogen-bond donors (Lipinski definition) is 1. The molecular formula is C9H8F6N2. The molecule has 0 spiro atoms. The van der Waals surface area contributed by atoms with Gasteiger partial charge in [0, 0.05) is 0 Å². The van der Waals surface area contributed by atoms with E-state index in [1.54, 1.807) is 0 Å². The van der Waals surface area contributed by atoms with Crippen LogP contribution in [0.4, 0.5) is 26.3 Å². The van der Waals surface area contributed by atoms with E-state index < -0.39 is 36.2 Å². The summed E-state index contributed by atoms with van der Waals surface area (Å²) in [5.74, 6) is 0. The molecule has 0 radical (unpaired) electrons. The lowest BCUT2D eigenvalue weighted by Crippen LogP contribution is -2.22. The summed E-state index contributed by atoms with van der Waals surface area (Å²) in [7, 11) is 0. The van der Waals surface area contributed by atoms with Gasteiger partial charge in [0.05, 0.1) is 18.2 Å². The highest BCUT2D eigenvalue weighted by Gasteiger charge is 2.35. The number of halogens is 6. The SMILES string of the molecule is NC(CC(F)(F)F)c1cccc(C(F)(F)F)n1. The highest BCUT2D eigenvalue weighted by molar-refractivity contribution is 5.16. The zero-order valence-electron chi connectivity index (χ0n) is 8.31. The molecule has 0 aliphatic heterocycles. The first-order chi connectivity index (χ1) is 7.59. The summed E-state index contributed by atoms with van der Waals surface area (Å²) in [6, 6.07) is 1.08. The van der Waals surface area contributed by atoms with Gasteiger partial charge in [0.1, 0.15) is 5.69 Å².